The van der Waals surface area contributed by atoms with Gasteiger partial charge >= 0.3 is 0 Å². The molecule has 3 atom stereocenters. The van der Waals surface area contributed by atoms with Gasteiger partial charge in [0, 0.05) is 16.7 Å². The van der Waals surface area contributed by atoms with Crippen molar-refractivity contribution in [2.24, 2.45) is 11.3 Å². The Morgan fingerprint density at radius 2 is 1.74 bits per heavy atom. The number of aryl methyl sites for hydroxylation is 1. The molecule has 1 heteroatoms. The Kier molecular flexibility index (Phi) is 6.61. The summed E-state index contributed by atoms with van der Waals surface area (Å²) in [6.45, 7) is 11.4. The average Bonchev–Trinajstić information content (AvgIpc) is 2.97. The van der Waals surface area contributed by atoms with Crippen molar-refractivity contribution < 1.29 is 0 Å². The van der Waals surface area contributed by atoms with Crippen LogP contribution in [0.1, 0.15) is 37.8 Å². The molecule has 0 amide bonds. The predicted molar refractivity (Wildman–Crippen MR) is 167 cm³/mol. The van der Waals surface area contributed by atoms with Gasteiger partial charge in [-0.25, -0.2) is 0 Å². The number of rotatable bonds is 7. The second-order valence-corrected chi connectivity index (χ2v) is 11.2. The molecule has 0 heterocycles. The highest BCUT2D eigenvalue weighted by atomic mass is 14.9. The van der Waals surface area contributed by atoms with Crippen molar-refractivity contribution in [3.05, 3.63) is 155 Å². The molecule has 194 valence electrons. The number of hydrogen-bond acceptors (Lipinski definition) is 1. The first kappa shape index (κ1) is 25.2. The lowest BCUT2D eigenvalue weighted by Crippen LogP contribution is -2.40. The van der Waals surface area contributed by atoms with Gasteiger partial charge in [0.2, 0.25) is 0 Å². The van der Waals surface area contributed by atoms with Gasteiger partial charge in [0.05, 0.1) is 6.04 Å². The minimum Gasteiger partial charge on any atom is -0.375 e. The Labute approximate surface area is 233 Å². The molecule has 0 spiro atoms. The third-order valence-electron chi connectivity index (χ3n) is 8.72. The van der Waals surface area contributed by atoms with E-state index in [1.54, 1.807) is 5.57 Å². The van der Waals surface area contributed by atoms with Crippen LogP contribution in [-0.4, -0.2) is 6.04 Å². The molecule has 0 aromatic heterocycles. The molecule has 3 unspecified atom stereocenters. The number of allylic oxidation sites excluding steroid dienone is 9. The van der Waals surface area contributed by atoms with Gasteiger partial charge < -0.3 is 5.32 Å². The maximum absolute atomic E-state index is 4.46. The highest BCUT2D eigenvalue weighted by molar-refractivity contribution is 5.80. The Hall–Kier alpha value is -4.10. The Morgan fingerprint density at radius 3 is 2.56 bits per heavy atom. The van der Waals surface area contributed by atoms with Gasteiger partial charge in [-0.15, -0.1) is 0 Å². The summed E-state index contributed by atoms with van der Waals surface area (Å²) in [5.74, 6) is 0.329. The van der Waals surface area contributed by atoms with Crippen molar-refractivity contribution in [1.82, 2.24) is 0 Å². The van der Waals surface area contributed by atoms with Crippen LogP contribution in [0.15, 0.2) is 144 Å². The summed E-state index contributed by atoms with van der Waals surface area (Å²) >= 11 is 0. The molecule has 0 fully saturated rings. The van der Waals surface area contributed by atoms with Crippen molar-refractivity contribution >= 4 is 11.3 Å². The van der Waals surface area contributed by atoms with Crippen molar-refractivity contribution in [3.8, 4) is 11.1 Å². The molecule has 1 nitrogen and oxygen atoms in total. The number of benzene rings is 3. The van der Waals surface area contributed by atoms with E-state index in [1.807, 2.05) is 0 Å². The maximum Gasteiger partial charge on any atom is 0.0673 e. The van der Waals surface area contributed by atoms with E-state index in [0.29, 0.717) is 5.92 Å². The van der Waals surface area contributed by atoms with Gasteiger partial charge in [-0.05, 0) is 83.2 Å². The Morgan fingerprint density at radius 1 is 1.00 bits per heavy atom. The molecule has 3 aromatic rings. The van der Waals surface area contributed by atoms with E-state index < -0.39 is 0 Å². The molecule has 0 saturated carbocycles. The van der Waals surface area contributed by atoms with Crippen molar-refractivity contribution in [2.45, 2.75) is 39.7 Å². The first-order valence-corrected chi connectivity index (χ1v) is 14.2. The topological polar surface area (TPSA) is 12.0 Å². The normalized spacial score (nSPS) is 22.4. The van der Waals surface area contributed by atoms with E-state index in [1.165, 1.54) is 39.0 Å². The minimum atomic E-state index is 0.0225. The third-order valence-corrected chi connectivity index (χ3v) is 8.72. The molecule has 3 aromatic carbocycles. The zero-order valence-corrected chi connectivity index (χ0v) is 23.2. The highest BCUT2D eigenvalue weighted by Gasteiger charge is 2.48. The molecule has 3 aliphatic carbocycles. The molecule has 0 radical (unpaired) electrons. The molecule has 1 N–H and O–H groups in total. The zero-order chi connectivity index (χ0) is 27.0. The van der Waals surface area contributed by atoms with Crippen LogP contribution in [-0.2, 0) is 0 Å². The zero-order valence-electron chi connectivity index (χ0n) is 23.2. The second kappa shape index (κ2) is 10.2. The molecular weight excluding hydrogens is 470 g/mol. The van der Waals surface area contributed by atoms with E-state index in [0.717, 1.165) is 24.1 Å². The summed E-state index contributed by atoms with van der Waals surface area (Å²) in [7, 11) is 0. The number of hydrogen-bond donors (Lipinski definition) is 1. The summed E-state index contributed by atoms with van der Waals surface area (Å²) in [6, 6.07) is 27.9. The van der Waals surface area contributed by atoms with Crippen molar-refractivity contribution in [2.75, 3.05) is 5.32 Å². The van der Waals surface area contributed by atoms with Gasteiger partial charge in [-0.2, -0.15) is 0 Å². The first-order chi connectivity index (χ1) is 19.0. The SMILES string of the molecule is C=C(/C=C\C(Nc1ccccc1-c1ccccc1)C1=C2C3=C(CCC=C3)C2(C)C=CC1C)c1ccccc1C. The third kappa shape index (κ3) is 4.46. The van der Waals surface area contributed by atoms with E-state index >= 15 is 0 Å². The number of anilines is 1. The highest BCUT2D eigenvalue weighted by Crippen LogP contribution is 2.60. The van der Waals surface area contributed by atoms with E-state index in [4.69, 9.17) is 0 Å². The monoisotopic (exact) mass is 507 g/mol. The molecule has 0 bridgehead atoms. The van der Waals surface area contributed by atoms with Crippen LogP contribution in [0.3, 0.4) is 0 Å². The Balaban J connectivity index is 1.46. The van der Waals surface area contributed by atoms with Crippen LogP contribution in [0.4, 0.5) is 5.69 Å². The van der Waals surface area contributed by atoms with Gasteiger partial charge in [0.25, 0.3) is 0 Å². The quantitative estimate of drug-likeness (QED) is 0.248. The van der Waals surface area contributed by atoms with Crippen LogP contribution < -0.4 is 5.32 Å². The number of para-hydroxylation sites is 1. The van der Waals surface area contributed by atoms with E-state index in [2.05, 4.69) is 148 Å². The standard InChI is InChI=1S/C38H37N/c1-26-14-8-9-17-30(26)27(2)22-23-35(39-34-21-13-11-18-31(34)29-15-6-5-7-16-29)36-28(3)24-25-38(4)33-20-12-10-19-32(33)37(36)38/h5-11,13-19,21-25,28,35,39H,2,12,20H2,1,3-4H3/b23-22-. The van der Waals surface area contributed by atoms with Gasteiger partial charge in [-0.3, -0.25) is 0 Å². The van der Waals surface area contributed by atoms with Crippen LogP contribution in [0.5, 0.6) is 0 Å². The molecular formula is C38H37N. The summed E-state index contributed by atoms with van der Waals surface area (Å²) in [4.78, 5) is 0. The summed E-state index contributed by atoms with van der Waals surface area (Å²) < 4.78 is 0. The van der Waals surface area contributed by atoms with Gasteiger partial charge in [0.1, 0.15) is 0 Å². The first-order valence-electron chi connectivity index (χ1n) is 14.2. The van der Waals surface area contributed by atoms with Gasteiger partial charge in [-0.1, -0.05) is 123 Å². The van der Waals surface area contributed by atoms with E-state index in [-0.39, 0.29) is 11.5 Å². The molecule has 6 rings (SSSR count). The fraction of sp³-hybridized carbons (Fsp3) is 0.211. The maximum atomic E-state index is 4.46. The van der Waals surface area contributed by atoms with Crippen molar-refractivity contribution in [1.29, 1.82) is 0 Å². The molecule has 3 aliphatic rings. The lowest BCUT2D eigenvalue weighted by Gasteiger charge is -2.50. The van der Waals surface area contributed by atoms with Crippen LogP contribution in [0, 0.1) is 18.3 Å². The van der Waals surface area contributed by atoms with Gasteiger partial charge in [0.15, 0.2) is 0 Å². The van der Waals surface area contributed by atoms with Crippen LogP contribution in [0.25, 0.3) is 16.7 Å². The smallest absolute Gasteiger partial charge is 0.0673 e. The largest absolute Gasteiger partial charge is 0.375 e. The summed E-state index contributed by atoms with van der Waals surface area (Å²) in [6.07, 6.45) is 16.4. The van der Waals surface area contributed by atoms with Crippen LogP contribution >= 0.6 is 0 Å². The minimum absolute atomic E-state index is 0.0225. The summed E-state index contributed by atoms with van der Waals surface area (Å²) in [5.41, 5.74) is 13.1. The average molecular weight is 508 g/mol. The predicted octanol–water partition coefficient (Wildman–Crippen LogP) is 9.88. The second-order valence-electron chi connectivity index (χ2n) is 11.2. The fourth-order valence-corrected chi connectivity index (χ4v) is 6.66. The number of nitrogens with one attached hydrogen (secondary N) is 1. The van der Waals surface area contributed by atoms with Crippen LogP contribution in [0.2, 0.25) is 0 Å². The molecule has 0 aliphatic heterocycles. The Bertz CT molecular complexity index is 1580. The summed E-state index contributed by atoms with van der Waals surface area (Å²) in [5, 5.41) is 4.00. The molecule has 0 saturated heterocycles. The van der Waals surface area contributed by atoms with Crippen molar-refractivity contribution in [3.63, 3.8) is 0 Å². The number of fused-ring (bicyclic) bond motifs is 3. The lowest BCUT2D eigenvalue weighted by molar-refractivity contribution is 0.494. The lowest BCUT2D eigenvalue weighted by atomic mass is 9.54. The van der Waals surface area contributed by atoms with E-state index in [9.17, 15) is 0 Å². The molecule has 39 heavy (non-hydrogen) atoms. The fourth-order valence-electron chi connectivity index (χ4n) is 6.66.